The molecule has 1 N–H and O–H groups in total. The smallest absolute Gasteiger partial charge is 0.417 e. The standard InChI is InChI=1S/C22H18F3N3O3S2/c1-12(20(29)27-13-6-7-17(30-2)18(9-13)31-3)33-21-14(11-26)15(22(23,24)25)10-16(28-21)19-5-4-8-32-19/h4-10,12H,1-3H3,(H,27,29). The topological polar surface area (TPSA) is 84.2 Å². The Bertz CT molecular complexity index is 1190. The minimum atomic E-state index is -4.75. The SMILES string of the molecule is COc1ccc(NC(=O)C(C)Sc2nc(-c3cccs3)cc(C(F)(F)F)c2C#N)cc1OC. The number of methoxy groups -OCH3 is 2. The van der Waals surface area contributed by atoms with Crippen LogP contribution in [0.25, 0.3) is 10.6 Å². The van der Waals surface area contributed by atoms with Gasteiger partial charge in [-0.2, -0.15) is 18.4 Å². The Kier molecular flexibility index (Phi) is 7.50. The van der Waals surface area contributed by atoms with Crippen molar-refractivity contribution in [3.63, 3.8) is 0 Å². The zero-order chi connectivity index (χ0) is 24.2. The summed E-state index contributed by atoms with van der Waals surface area (Å²) in [5, 5.41) is 12.8. The van der Waals surface area contributed by atoms with Gasteiger partial charge in [0.1, 0.15) is 11.1 Å². The first kappa shape index (κ1) is 24.4. The molecule has 0 radical (unpaired) electrons. The molecule has 0 aliphatic heterocycles. The lowest BCUT2D eigenvalue weighted by molar-refractivity contribution is -0.138. The molecule has 33 heavy (non-hydrogen) atoms. The molecule has 3 rings (SSSR count). The third-order valence-electron chi connectivity index (χ3n) is 4.49. The predicted molar refractivity (Wildman–Crippen MR) is 121 cm³/mol. The number of thiophene rings is 1. The van der Waals surface area contributed by atoms with E-state index in [2.05, 4.69) is 10.3 Å². The van der Waals surface area contributed by atoms with Gasteiger partial charge < -0.3 is 14.8 Å². The molecule has 0 spiro atoms. The van der Waals surface area contributed by atoms with Gasteiger partial charge in [0.2, 0.25) is 5.91 Å². The molecule has 0 saturated carbocycles. The van der Waals surface area contributed by atoms with Gasteiger partial charge in [-0.3, -0.25) is 4.79 Å². The summed E-state index contributed by atoms with van der Waals surface area (Å²) in [5.41, 5.74) is -1.19. The normalized spacial score (nSPS) is 12.0. The van der Waals surface area contributed by atoms with Crippen LogP contribution in [0.2, 0.25) is 0 Å². The van der Waals surface area contributed by atoms with Gasteiger partial charge in [0, 0.05) is 11.8 Å². The minimum Gasteiger partial charge on any atom is -0.493 e. The molecule has 0 aliphatic carbocycles. The van der Waals surface area contributed by atoms with Crippen molar-refractivity contribution in [2.75, 3.05) is 19.5 Å². The molecule has 11 heteroatoms. The van der Waals surface area contributed by atoms with Gasteiger partial charge in [-0.15, -0.1) is 11.3 Å². The van der Waals surface area contributed by atoms with Crippen LogP contribution >= 0.6 is 23.1 Å². The van der Waals surface area contributed by atoms with Gasteiger partial charge >= 0.3 is 6.18 Å². The maximum absolute atomic E-state index is 13.7. The Morgan fingerprint density at radius 1 is 1.21 bits per heavy atom. The number of hydrogen-bond donors (Lipinski definition) is 1. The number of aromatic nitrogens is 1. The zero-order valence-electron chi connectivity index (χ0n) is 17.7. The molecule has 6 nitrogen and oxygen atoms in total. The quantitative estimate of drug-likeness (QED) is 0.417. The highest BCUT2D eigenvalue weighted by atomic mass is 32.2. The molecule has 0 aliphatic rings. The molecule has 2 heterocycles. The van der Waals surface area contributed by atoms with Crippen molar-refractivity contribution in [1.82, 2.24) is 4.98 Å². The predicted octanol–water partition coefficient (Wildman–Crippen LogP) is 5.84. The molecule has 3 aromatic rings. The third-order valence-corrected chi connectivity index (χ3v) is 6.46. The van der Waals surface area contributed by atoms with Crippen molar-refractivity contribution in [3.8, 4) is 28.1 Å². The van der Waals surface area contributed by atoms with Crippen LogP contribution in [0.1, 0.15) is 18.1 Å². The highest BCUT2D eigenvalue weighted by Crippen LogP contribution is 2.39. The van der Waals surface area contributed by atoms with Crippen LogP contribution < -0.4 is 14.8 Å². The fourth-order valence-corrected chi connectivity index (χ4v) is 4.48. The number of carbonyl (C=O) groups is 1. The van der Waals surface area contributed by atoms with Gasteiger partial charge in [0.15, 0.2) is 11.5 Å². The van der Waals surface area contributed by atoms with Crippen molar-refractivity contribution >= 4 is 34.7 Å². The molecule has 0 fully saturated rings. The summed E-state index contributed by atoms with van der Waals surface area (Å²) in [5.74, 6) is 0.404. The Morgan fingerprint density at radius 3 is 2.52 bits per heavy atom. The number of benzene rings is 1. The van der Waals surface area contributed by atoms with Gasteiger partial charge in [0.25, 0.3) is 0 Å². The second-order valence-electron chi connectivity index (χ2n) is 6.64. The molecule has 1 aromatic carbocycles. The highest BCUT2D eigenvalue weighted by Gasteiger charge is 2.36. The summed E-state index contributed by atoms with van der Waals surface area (Å²) >= 11 is 2.01. The number of hydrogen-bond acceptors (Lipinski definition) is 7. The first-order chi connectivity index (χ1) is 15.7. The number of halogens is 3. The van der Waals surface area contributed by atoms with Crippen molar-refractivity contribution in [2.45, 2.75) is 23.4 Å². The van der Waals surface area contributed by atoms with Gasteiger partial charge in [-0.1, -0.05) is 17.8 Å². The fourth-order valence-electron chi connectivity index (χ4n) is 2.87. The lowest BCUT2D eigenvalue weighted by Crippen LogP contribution is -2.23. The van der Waals surface area contributed by atoms with E-state index in [4.69, 9.17) is 9.47 Å². The lowest BCUT2D eigenvalue weighted by atomic mass is 10.1. The van der Waals surface area contributed by atoms with Gasteiger partial charge in [0.05, 0.1) is 41.2 Å². The highest BCUT2D eigenvalue weighted by molar-refractivity contribution is 8.00. The molecular formula is C22H18F3N3O3S2. The van der Waals surface area contributed by atoms with E-state index in [1.54, 1.807) is 41.8 Å². The molecule has 1 atom stereocenters. The van der Waals surface area contributed by atoms with Crippen molar-refractivity contribution in [3.05, 3.63) is 52.9 Å². The van der Waals surface area contributed by atoms with E-state index in [0.29, 0.717) is 22.1 Å². The molecule has 0 saturated heterocycles. The van der Waals surface area contributed by atoms with Crippen molar-refractivity contribution < 1.29 is 27.4 Å². The Hall–Kier alpha value is -3.23. The van der Waals surface area contributed by atoms with Crippen LogP contribution in [0.3, 0.4) is 0 Å². The van der Waals surface area contributed by atoms with Crippen LogP contribution in [0.15, 0.2) is 46.8 Å². The Morgan fingerprint density at radius 2 is 1.94 bits per heavy atom. The summed E-state index contributed by atoms with van der Waals surface area (Å²) in [7, 11) is 2.93. The minimum absolute atomic E-state index is 0.0892. The molecule has 1 amide bonds. The fraction of sp³-hybridized carbons (Fsp3) is 0.227. The zero-order valence-corrected chi connectivity index (χ0v) is 19.3. The average molecular weight is 494 g/mol. The summed E-state index contributed by atoms with van der Waals surface area (Å²) in [4.78, 5) is 17.5. The molecule has 1 unspecified atom stereocenters. The first-order valence-corrected chi connectivity index (χ1v) is 11.2. The average Bonchev–Trinajstić information content (AvgIpc) is 3.32. The first-order valence-electron chi connectivity index (χ1n) is 9.43. The van der Waals surface area contributed by atoms with Crippen LogP contribution in [0.5, 0.6) is 11.5 Å². The van der Waals surface area contributed by atoms with E-state index < -0.39 is 28.5 Å². The summed E-state index contributed by atoms with van der Waals surface area (Å²) < 4.78 is 51.4. The number of amides is 1. The monoisotopic (exact) mass is 493 g/mol. The van der Waals surface area contributed by atoms with Crippen LogP contribution in [-0.4, -0.2) is 30.4 Å². The van der Waals surface area contributed by atoms with E-state index in [9.17, 15) is 23.2 Å². The van der Waals surface area contributed by atoms with E-state index in [1.807, 2.05) is 0 Å². The molecular weight excluding hydrogens is 475 g/mol. The summed E-state index contributed by atoms with van der Waals surface area (Å²) in [6, 6.07) is 10.6. The number of nitriles is 1. The van der Waals surface area contributed by atoms with Gasteiger partial charge in [-0.25, -0.2) is 4.98 Å². The molecule has 0 bridgehead atoms. The molecule has 2 aromatic heterocycles. The number of pyridine rings is 1. The largest absolute Gasteiger partial charge is 0.493 e. The Labute approximate surface area is 196 Å². The van der Waals surface area contributed by atoms with Crippen LogP contribution in [-0.2, 0) is 11.0 Å². The number of alkyl halides is 3. The van der Waals surface area contributed by atoms with E-state index in [1.165, 1.54) is 32.5 Å². The van der Waals surface area contributed by atoms with Crippen LogP contribution in [0, 0.1) is 11.3 Å². The van der Waals surface area contributed by atoms with E-state index in [0.717, 1.165) is 17.8 Å². The number of ether oxygens (including phenoxy) is 2. The second-order valence-corrected chi connectivity index (χ2v) is 8.92. The number of anilines is 1. The maximum Gasteiger partial charge on any atom is 0.417 e. The number of thioether (sulfide) groups is 1. The summed E-state index contributed by atoms with van der Waals surface area (Å²) in [6.07, 6.45) is -4.75. The number of carbonyl (C=O) groups excluding carboxylic acids is 1. The van der Waals surface area contributed by atoms with Gasteiger partial charge in [-0.05, 0) is 36.6 Å². The van der Waals surface area contributed by atoms with Crippen molar-refractivity contribution in [2.24, 2.45) is 0 Å². The van der Waals surface area contributed by atoms with E-state index >= 15 is 0 Å². The Balaban J connectivity index is 1.91. The second kappa shape index (κ2) is 10.1. The number of nitrogens with one attached hydrogen (secondary N) is 1. The molecule has 172 valence electrons. The number of rotatable bonds is 7. The third kappa shape index (κ3) is 5.58. The summed E-state index contributed by atoms with van der Waals surface area (Å²) in [6.45, 7) is 1.52. The maximum atomic E-state index is 13.7. The number of nitrogens with zero attached hydrogens (tertiary/aromatic N) is 2. The van der Waals surface area contributed by atoms with Crippen molar-refractivity contribution in [1.29, 1.82) is 5.26 Å². The lowest BCUT2D eigenvalue weighted by Gasteiger charge is -2.17. The van der Waals surface area contributed by atoms with Crippen LogP contribution in [0.4, 0.5) is 18.9 Å². The van der Waals surface area contributed by atoms with E-state index in [-0.39, 0.29) is 10.7 Å².